The van der Waals surface area contributed by atoms with Gasteiger partial charge in [-0.1, -0.05) is 16.8 Å². The molecule has 1 aromatic carbocycles. The van der Waals surface area contributed by atoms with Gasteiger partial charge in [0.2, 0.25) is 0 Å². The molecule has 2 aromatic rings. The molecule has 22 heavy (non-hydrogen) atoms. The van der Waals surface area contributed by atoms with E-state index in [4.69, 9.17) is 16.1 Å². The third-order valence-electron chi connectivity index (χ3n) is 3.55. The maximum atomic E-state index is 12.1. The second-order valence-corrected chi connectivity index (χ2v) is 5.52. The number of nitrogens with one attached hydrogen (secondary N) is 2. The minimum Gasteiger partial charge on any atom is -0.355 e. The molecule has 1 fully saturated rings. The predicted molar refractivity (Wildman–Crippen MR) is 87.6 cm³/mol. The summed E-state index contributed by atoms with van der Waals surface area (Å²) in [5.74, 6) is 0.369. The molecular formula is C15H17Cl2N3O2. The maximum absolute atomic E-state index is 12.1. The van der Waals surface area contributed by atoms with Gasteiger partial charge in [0, 0.05) is 22.7 Å². The SMILES string of the molecule is Cl.O=C(NC1CCNCC1)c1cc(-c2ccc(Cl)cc2)on1. The fourth-order valence-electron chi connectivity index (χ4n) is 2.36. The van der Waals surface area contributed by atoms with Gasteiger partial charge >= 0.3 is 0 Å². The Morgan fingerprint density at radius 3 is 2.64 bits per heavy atom. The van der Waals surface area contributed by atoms with Gasteiger partial charge in [0.05, 0.1) is 0 Å². The van der Waals surface area contributed by atoms with Crippen molar-refractivity contribution in [2.75, 3.05) is 13.1 Å². The number of rotatable bonds is 3. The first-order valence-corrected chi connectivity index (χ1v) is 7.34. The molecule has 0 saturated carbocycles. The Morgan fingerprint density at radius 1 is 1.27 bits per heavy atom. The van der Waals surface area contributed by atoms with Crippen molar-refractivity contribution in [1.82, 2.24) is 15.8 Å². The first-order valence-electron chi connectivity index (χ1n) is 6.96. The van der Waals surface area contributed by atoms with Crippen molar-refractivity contribution < 1.29 is 9.32 Å². The van der Waals surface area contributed by atoms with Crippen LogP contribution in [0.25, 0.3) is 11.3 Å². The van der Waals surface area contributed by atoms with E-state index in [2.05, 4.69) is 15.8 Å². The number of carbonyl (C=O) groups excluding carboxylic acids is 1. The molecule has 0 spiro atoms. The molecule has 2 heterocycles. The normalized spacial score (nSPS) is 15.1. The quantitative estimate of drug-likeness (QED) is 0.900. The molecule has 7 heteroatoms. The molecule has 1 amide bonds. The van der Waals surface area contributed by atoms with E-state index < -0.39 is 0 Å². The third kappa shape index (κ3) is 4.00. The summed E-state index contributed by atoms with van der Waals surface area (Å²) in [4.78, 5) is 12.1. The lowest BCUT2D eigenvalue weighted by Gasteiger charge is -2.23. The molecule has 1 aliphatic rings. The van der Waals surface area contributed by atoms with Gasteiger partial charge < -0.3 is 15.2 Å². The third-order valence-corrected chi connectivity index (χ3v) is 3.80. The molecule has 1 aliphatic heterocycles. The largest absolute Gasteiger partial charge is 0.355 e. The number of benzene rings is 1. The van der Waals surface area contributed by atoms with Crippen LogP contribution in [0.2, 0.25) is 5.02 Å². The molecule has 0 aliphatic carbocycles. The van der Waals surface area contributed by atoms with Gasteiger partial charge in [-0.2, -0.15) is 0 Å². The van der Waals surface area contributed by atoms with Crippen LogP contribution in [0, 0.1) is 0 Å². The molecule has 0 bridgehead atoms. The lowest BCUT2D eigenvalue weighted by Crippen LogP contribution is -2.42. The summed E-state index contributed by atoms with van der Waals surface area (Å²) in [6.07, 6.45) is 1.88. The number of halogens is 2. The number of carbonyl (C=O) groups is 1. The minimum atomic E-state index is -0.189. The van der Waals surface area contributed by atoms with Crippen molar-refractivity contribution >= 4 is 29.9 Å². The highest BCUT2D eigenvalue weighted by molar-refractivity contribution is 6.30. The first kappa shape index (κ1) is 16.8. The van der Waals surface area contributed by atoms with Crippen LogP contribution < -0.4 is 10.6 Å². The summed E-state index contributed by atoms with van der Waals surface area (Å²) in [5.41, 5.74) is 1.14. The zero-order chi connectivity index (χ0) is 14.7. The van der Waals surface area contributed by atoms with E-state index in [9.17, 15) is 4.79 Å². The van der Waals surface area contributed by atoms with Crippen LogP contribution in [0.4, 0.5) is 0 Å². The molecule has 1 saturated heterocycles. The molecular weight excluding hydrogens is 325 g/mol. The monoisotopic (exact) mass is 341 g/mol. The number of amides is 1. The Labute approximate surface area is 139 Å². The summed E-state index contributed by atoms with van der Waals surface area (Å²) in [6, 6.07) is 9.06. The highest BCUT2D eigenvalue weighted by Gasteiger charge is 2.19. The zero-order valence-corrected chi connectivity index (χ0v) is 13.4. The van der Waals surface area contributed by atoms with E-state index in [-0.39, 0.29) is 24.4 Å². The first-order chi connectivity index (χ1) is 10.2. The average Bonchev–Trinajstić information content (AvgIpc) is 2.99. The molecule has 0 atom stereocenters. The van der Waals surface area contributed by atoms with Crippen LogP contribution in [-0.4, -0.2) is 30.2 Å². The van der Waals surface area contributed by atoms with Gasteiger partial charge in [-0.25, -0.2) is 0 Å². The van der Waals surface area contributed by atoms with Crippen molar-refractivity contribution in [1.29, 1.82) is 0 Å². The van der Waals surface area contributed by atoms with E-state index in [0.29, 0.717) is 16.5 Å². The summed E-state index contributed by atoms with van der Waals surface area (Å²) >= 11 is 5.85. The minimum absolute atomic E-state index is 0. The Morgan fingerprint density at radius 2 is 1.95 bits per heavy atom. The van der Waals surface area contributed by atoms with E-state index in [1.807, 2.05) is 12.1 Å². The Kier molecular flexibility index (Phi) is 5.83. The van der Waals surface area contributed by atoms with Gasteiger partial charge in [-0.15, -0.1) is 12.4 Å². The number of aromatic nitrogens is 1. The van der Waals surface area contributed by atoms with Gasteiger partial charge in [0.25, 0.3) is 5.91 Å². The lowest BCUT2D eigenvalue weighted by atomic mass is 10.1. The Bertz CT molecular complexity index is 622. The van der Waals surface area contributed by atoms with E-state index in [1.165, 1.54) is 0 Å². The average molecular weight is 342 g/mol. The zero-order valence-electron chi connectivity index (χ0n) is 11.8. The standard InChI is InChI=1S/C15H16ClN3O2.ClH/c16-11-3-1-10(2-4-11)14-9-13(19-21-14)15(20)18-12-5-7-17-8-6-12;/h1-4,9,12,17H,5-8H2,(H,18,20);1H. The second kappa shape index (κ2) is 7.63. The summed E-state index contributed by atoms with van der Waals surface area (Å²) in [5, 5.41) is 10.7. The summed E-state index contributed by atoms with van der Waals surface area (Å²) in [7, 11) is 0. The van der Waals surface area contributed by atoms with E-state index in [1.54, 1.807) is 18.2 Å². The Hall–Kier alpha value is -1.56. The van der Waals surface area contributed by atoms with Gasteiger partial charge in [0.15, 0.2) is 11.5 Å². The van der Waals surface area contributed by atoms with Crippen LogP contribution in [0.15, 0.2) is 34.9 Å². The molecule has 2 N–H and O–H groups in total. The number of hydrogen-bond donors (Lipinski definition) is 2. The van der Waals surface area contributed by atoms with Crippen molar-refractivity contribution in [2.24, 2.45) is 0 Å². The summed E-state index contributed by atoms with van der Waals surface area (Å²) in [6.45, 7) is 1.86. The number of piperidine rings is 1. The predicted octanol–water partition coefficient (Wildman–Crippen LogP) is 2.90. The highest BCUT2D eigenvalue weighted by Crippen LogP contribution is 2.22. The van der Waals surface area contributed by atoms with E-state index >= 15 is 0 Å². The molecule has 0 radical (unpaired) electrons. The highest BCUT2D eigenvalue weighted by atomic mass is 35.5. The molecule has 1 aromatic heterocycles. The summed E-state index contributed by atoms with van der Waals surface area (Å²) < 4.78 is 5.23. The number of nitrogens with zero attached hydrogens (tertiary/aromatic N) is 1. The molecule has 0 unspecified atom stereocenters. The van der Waals surface area contributed by atoms with Crippen molar-refractivity contribution in [3.05, 3.63) is 41.0 Å². The molecule has 118 valence electrons. The maximum Gasteiger partial charge on any atom is 0.273 e. The van der Waals surface area contributed by atoms with Crippen LogP contribution in [-0.2, 0) is 0 Å². The van der Waals surface area contributed by atoms with Crippen molar-refractivity contribution in [2.45, 2.75) is 18.9 Å². The van der Waals surface area contributed by atoms with Crippen molar-refractivity contribution in [3.63, 3.8) is 0 Å². The molecule has 5 nitrogen and oxygen atoms in total. The van der Waals surface area contributed by atoms with Gasteiger partial charge in [-0.05, 0) is 50.2 Å². The smallest absolute Gasteiger partial charge is 0.273 e. The molecule has 3 rings (SSSR count). The van der Waals surface area contributed by atoms with E-state index in [0.717, 1.165) is 31.5 Å². The Balaban J connectivity index is 0.00000176. The van der Waals surface area contributed by atoms with Crippen LogP contribution in [0.3, 0.4) is 0 Å². The van der Waals surface area contributed by atoms with Gasteiger partial charge in [0.1, 0.15) is 0 Å². The topological polar surface area (TPSA) is 67.2 Å². The van der Waals surface area contributed by atoms with Crippen LogP contribution >= 0.6 is 24.0 Å². The fraction of sp³-hybridized carbons (Fsp3) is 0.333. The van der Waals surface area contributed by atoms with Gasteiger partial charge in [-0.3, -0.25) is 4.79 Å². The number of hydrogen-bond acceptors (Lipinski definition) is 4. The van der Waals surface area contributed by atoms with Crippen molar-refractivity contribution in [3.8, 4) is 11.3 Å². The fourth-order valence-corrected chi connectivity index (χ4v) is 2.48. The lowest BCUT2D eigenvalue weighted by molar-refractivity contribution is 0.0920. The van der Waals surface area contributed by atoms with Crippen LogP contribution in [0.1, 0.15) is 23.3 Å². The second-order valence-electron chi connectivity index (χ2n) is 5.08. The van der Waals surface area contributed by atoms with Crippen LogP contribution in [0.5, 0.6) is 0 Å².